The molecule has 0 aromatic carbocycles. The largest absolute Gasteiger partial charge is 0.419 e. The van der Waals surface area contributed by atoms with Gasteiger partial charge in [-0.1, -0.05) is 0 Å². The molecule has 1 heterocycles. The quantitative estimate of drug-likeness (QED) is 0.468. The lowest BCUT2D eigenvalue weighted by Crippen LogP contribution is -2.12. The summed E-state index contributed by atoms with van der Waals surface area (Å²) in [5, 5.41) is 18.8. The summed E-state index contributed by atoms with van der Waals surface area (Å²) >= 11 is 0. The third kappa shape index (κ3) is 2.50. The Hall–Kier alpha value is -2.31. The van der Waals surface area contributed by atoms with E-state index >= 15 is 0 Å². The standard InChI is InChI=1S/C8H2F5N3O2/c9-7(10)6-5(16(17)18)1-3(8(11,12)13)4(2-14)15-6/h1,7H. The molecule has 10 heteroatoms. The van der Waals surface area contributed by atoms with E-state index in [-0.39, 0.29) is 6.07 Å². The molecule has 1 rings (SSSR count). The van der Waals surface area contributed by atoms with Gasteiger partial charge >= 0.3 is 6.18 Å². The first-order chi connectivity index (χ1) is 8.18. The van der Waals surface area contributed by atoms with Crippen LogP contribution in [0, 0.1) is 21.4 Å². The number of halogens is 5. The minimum atomic E-state index is -5.09. The fraction of sp³-hybridized carbons (Fsp3) is 0.250. The number of pyridine rings is 1. The van der Waals surface area contributed by atoms with Crippen LogP contribution in [-0.2, 0) is 6.18 Å². The SMILES string of the molecule is N#Cc1nc(C(F)F)c([N+](=O)[O-])cc1C(F)(F)F. The predicted molar refractivity (Wildman–Crippen MR) is 45.6 cm³/mol. The minimum absolute atomic E-state index is 0.118. The highest BCUT2D eigenvalue weighted by Gasteiger charge is 2.38. The molecule has 0 bridgehead atoms. The van der Waals surface area contributed by atoms with Crippen molar-refractivity contribution in [3.8, 4) is 6.07 Å². The van der Waals surface area contributed by atoms with Crippen LogP contribution in [-0.4, -0.2) is 9.91 Å². The van der Waals surface area contributed by atoms with Crippen molar-refractivity contribution in [3.05, 3.63) is 33.1 Å². The van der Waals surface area contributed by atoms with E-state index in [4.69, 9.17) is 5.26 Å². The number of nitro groups is 1. The van der Waals surface area contributed by atoms with Crippen molar-refractivity contribution >= 4 is 5.69 Å². The van der Waals surface area contributed by atoms with Crippen LogP contribution in [0.2, 0.25) is 0 Å². The molecule has 0 aliphatic rings. The molecular weight excluding hydrogens is 265 g/mol. The summed E-state index contributed by atoms with van der Waals surface area (Å²) in [6.45, 7) is 0. The van der Waals surface area contributed by atoms with Gasteiger partial charge < -0.3 is 0 Å². The normalized spacial score (nSPS) is 11.4. The lowest BCUT2D eigenvalue weighted by molar-refractivity contribution is -0.386. The first-order valence-electron chi connectivity index (χ1n) is 4.13. The van der Waals surface area contributed by atoms with E-state index in [1.807, 2.05) is 0 Å². The Labute approximate surface area is 95.6 Å². The van der Waals surface area contributed by atoms with E-state index in [0.29, 0.717) is 0 Å². The van der Waals surface area contributed by atoms with Crippen molar-refractivity contribution < 1.29 is 26.9 Å². The summed E-state index contributed by atoms with van der Waals surface area (Å²) in [5.74, 6) is 0. The second-order valence-electron chi connectivity index (χ2n) is 2.96. The molecule has 0 spiro atoms. The molecule has 1 aromatic heterocycles. The van der Waals surface area contributed by atoms with Crippen molar-refractivity contribution in [1.82, 2.24) is 4.98 Å². The van der Waals surface area contributed by atoms with Crippen molar-refractivity contribution in [2.45, 2.75) is 12.6 Å². The average molecular weight is 267 g/mol. The molecule has 0 atom stereocenters. The molecule has 0 radical (unpaired) electrons. The number of alkyl halides is 5. The molecule has 18 heavy (non-hydrogen) atoms. The molecule has 0 N–H and O–H groups in total. The van der Waals surface area contributed by atoms with Gasteiger partial charge in [-0.15, -0.1) is 0 Å². The first kappa shape index (κ1) is 13.8. The van der Waals surface area contributed by atoms with Crippen LogP contribution in [0.5, 0.6) is 0 Å². The molecule has 0 unspecified atom stereocenters. The zero-order valence-corrected chi connectivity index (χ0v) is 8.20. The van der Waals surface area contributed by atoms with E-state index in [2.05, 4.69) is 4.98 Å². The Bertz CT molecular complexity index is 535. The molecule has 5 nitrogen and oxygen atoms in total. The highest BCUT2D eigenvalue weighted by Crippen LogP contribution is 2.36. The van der Waals surface area contributed by atoms with Crippen molar-refractivity contribution in [2.75, 3.05) is 0 Å². The fourth-order valence-electron chi connectivity index (χ4n) is 1.13. The number of hydrogen-bond donors (Lipinski definition) is 0. The topological polar surface area (TPSA) is 79.8 Å². The van der Waals surface area contributed by atoms with E-state index in [9.17, 15) is 32.1 Å². The second kappa shape index (κ2) is 4.52. The summed E-state index contributed by atoms with van der Waals surface area (Å²) in [4.78, 5) is 11.7. The molecular formula is C8H2F5N3O2. The highest BCUT2D eigenvalue weighted by molar-refractivity contribution is 5.46. The van der Waals surface area contributed by atoms with Gasteiger partial charge in [-0.2, -0.15) is 18.4 Å². The molecule has 96 valence electrons. The van der Waals surface area contributed by atoms with Crippen LogP contribution < -0.4 is 0 Å². The van der Waals surface area contributed by atoms with Gasteiger partial charge in [0, 0.05) is 6.07 Å². The van der Waals surface area contributed by atoms with Crippen LogP contribution in [0.3, 0.4) is 0 Å². The lowest BCUT2D eigenvalue weighted by Gasteiger charge is -2.09. The number of rotatable bonds is 2. The number of nitriles is 1. The van der Waals surface area contributed by atoms with Crippen LogP contribution in [0.25, 0.3) is 0 Å². The third-order valence-corrected chi connectivity index (χ3v) is 1.85. The van der Waals surface area contributed by atoms with Crippen molar-refractivity contribution in [1.29, 1.82) is 5.26 Å². The van der Waals surface area contributed by atoms with Crippen LogP contribution in [0.15, 0.2) is 6.07 Å². The molecule has 1 aromatic rings. The Kier molecular flexibility index (Phi) is 3.45. The maximum atomic E-state index is 12.4. The second-order valence-corrected chi connectivity index (χ2v) is 2.96. The van der Waals surface area contributed by atoms with Crippen LogP contribution in [0.4, 0.5) is 27.6 Å². The van der Waals surface area contributed by atoms with Gasteiger partial charge in [0.25, 0.3) is 12.1 Å². The number of hydrogen-bond acceptors (Lipinski definition) is 4. The van der Waals surface area contributed by atoms with Gasteiger partial charge in [-0.3, -0.25) is 10.1 Å². The van der Waals surface area contributed by atoms with Gasteiger partial charge in [-0.05, 0) is 0 Å². The molecule has 0 amide bonds. The third-order valence-electron chi connectivity index (χ3n) is 1.85. The molecule has 0 aliphatic heterocycles. The minimum Gasteiger partial charge on any atom is -0.258 e. The smallest absolute Gasteiger partial charge is 0.258 e. The number of aromatic nitrogens is 1. The zero-order chi connectivity index (χ0) is 14.1. The Morgan fingerprint density at radius 2 is 2.00 bits per heavy atom. The Balaban J connectivity index is 3.64. The summed E-state index contributed by atoms with van der Waals surface area (Å²) < 4.78 is 62.0. The maximum absolute atomic E-state index is 12.4. The van der Waals surface area contributed by atoms with Gasteiger partial charge in [0.2, 0.25) is 0 Å². The summed E-state index contributed by atoms with van der Waals surface area (Å²) in [7, 11) is 0. The fourth-order valence-corrected chi connectivity index (χ4v) is 1.13. The molecule has 0 aliphatic carbocycles. The summed E-state index contributed by atoms with van der Waals surface area (Å²) in [6.07, 6.45) is -8.55. The Morgan fingerprint density at radius 3 is 2.33 bits per heavy atom. The van der Waals surface area contributed by atoms with Crippen LogP contribution in [0.1, 0.15) is 23.4 Å². The molecule has 0 saturated heterocycles. The Morgan fingerprint density at radius 1 is 1.44 bits per heavy atom. The van der Waals surface area contributed by atoms with Crippen molar-refractivity contribution in [3.63, 3.8) is 0 Å². The van der Waals surface area contributed by atoms with Gasteiger partial charge in [0.15, 0.2) is 11.4 Å². The number of nitrogens with zero attached hydrogens (tertiary/aromatic N) is 3. The lowest BCUT2D eigenvalue weighted by atomic mass is 10.1. The summed E-state index contributed by atoms with van der Waals surface area (Å²) in [6, 6.07) is 0.858. The van der Waals surface area contributed by atoms with E-state index in [0.717, 1.165) is 6.07 Å². The van der Waals surface area contributed by atoms with E-state index in [1.165, 1.54) is 0 Å². The molecule has 0 fully saturated rings. The predicted octanol–water partition coefficient (Wildman–Crippen LogP) is 2.82. The van der Waals surface area contributed by atoms with Gasteiger partial charge in [0.05, 0.1) is 10.5 Å². The van der Waals surface area contributed by atoms with E-state index in [1.54, 1.807) is 0 Å². The first-order valence-corrected chi connectivity index (χ1v) is 4.13. The molecule has 0 saturated carbocycles. The maximum Gasteiger partial charge on any atom is 0.419 e. The van der Waals surface area contributed by atoms with Gasteiger partial charge in [-0.25, -0.2) is 13.8 Å². The zero-order valence-electron chi connectivity index (χ0n) is 8.20. The van der Waals surface area contributed by atoms with Crippen molar-refractivity contribution in [2.24, 2.45) is 0 Å². The monoisotopic (exact) mass is 267 g/mol. The average Bonchev–Trinajstić information content (AvgIpc) is 2.25. The van der Waals surface area contributed by atoms with Gasteiger partial charge in [0.1, 0.15) is 6.07 Å². The summed E-state index contributed by atoms with van der Waals surface area (Å²) in [5.41, 5.74) is -6.00. The van der Waals surface area contributed by atoms with E-state index < -0.39 is 40.2 Å². The highest BCUT2D eigenvalue weighted by atomic mass is 19.4. The van der Waals surface area contributed by atoms with Crippen LogP contribution >= 0.6 is 0 Å².